The van der Waals surface area contributed by atoms with Gasteiger partial charge in [-0.1, -0.05) is 72.3 Å². The molecule has 0 atom stereocenters. The van der Waals surface area contributed by atoms with Crippen molar-refractivity contribution >= 4 is 0 Å². The molecule has 3 rings (SSSR count). The number of rotatable bonds is 9. The molecule has 0 aromatic heterocycles. The molecule has 0 aliphatic rings. The predicted octanol–water partition coefficient (Wildman–Crippen LogP) is 4.91. The molecule has 1 N–H and O–H groups in total. The van der Waals surface area contributed by atoms with Crippen molar-refractivity contribution < 1.29 is 9.47 Å². The average molecular weight is 361 g/mol. The van der Waals surface area contributed by atoms with Crippen LogP contribution >= 0.6 is 0 Å². The van der Waals surface area contributed by atoms with Crippen molar-refractivity contribution in [1.82, 2.24) is 5.32 Å². The lowest BCUT2D eigenvalue weighted by atomic mass is 10.1. The second-order valence-corrected chi connectivity index (χ2v) is 6.64. The van der Waals surface area contributed by atoms with Crippen molar-refractivity contribution in [3.8, 4) is 11.5 Å². The molecule has 0 fully saturated rings. The van der Waals surface area contributed by atoms with Crippen LogP contribution in [0.2, 0.25) is 0 Å². The second kappa shape index (κ2) is 9.79. The number of aryl methyl sites for hydroxylation is 1. The van der Waals surface area contributed by atoms with Gasteiger partial charge in [0.1, 0.15) is 6.61 Å². The lowest BCUT2D eigenvalue weighted by Crippen LogP contribution is -2.17. The molecular weight excluding hydrogens is 334 g/mol. The zero-order valence-electron chi connectivity index (χ0n) is 16.1. The van der Waals surface area contributed by atoms with Crippen LogP contribution in [0, 0.1) is 6.92 Å². The average Bonchev–Trinajstić information content (AvgIpc) is 2.72. The van der Waals surface area contributed by atoms with Crippen molar-refractivity contribution in [3.63, 3.8) is 0 Å². The summed E-state index contributed by atoms with van der Waals surface area (Å²) < 4.78 is 11.7. The summed E-state index contributed by atoms with van der Waals surface area (Å²) in [5.74, 6) is 1.58. The Bertz CT molecular complexity index is 829. The number of ether oxygens (including phenoxy) is 2. The smallest absolute Gasteiger partial charge is 0.166 e. The van der Waals surface area contributed by atoms with E-state index in [2.05, 4.69) is 66.8 Å². The van der Waals surface area contributed by atoms with E-state index in [1.54, 1.807) is 7.11 Å². The van der Waals surface area contributed by atoms with Gasteiger partial charge >= 0.3 is 0 Å². The minimum absolute atomic E-state index is 0.525. The first kappa shape index (κ1) is 19.0. The van der Waals surface area contributed by atoms with Crippen LogP contribution in [-0.4, -0.2) is 13.7 Å². The highest BCUT2D eigenvalue weighted by Gasteiger charge is 2.11. The fraction of sp³-hybridized carbons (Fsp3) is 0.250. The summed E-state index contributed by atoms with van der Waals surface area (Å²) in [6.07, 6.45) is 1.00. The molecule has 0 aliphatic carbocycles. The molecule has 0 saturated carbocycles. The van der Waals surface area contributed by atoms with E-state index in [1.807, 2.05) is 18.2 Å². The number of hydrogen-bond acceptors (Lipinski definition) is 3. The zero-order chi connectivity index (χ0) is 18.9. The van der Waals surface area contributed by atoms with Crippen molar-refractivity contribution in [1.29, 1.82) is 0 Å². The highest BCUT2D eigenvalue weighted by atomic mass is 16.5. The molecule has 0 amide bonds. The number of hydrogen-bond donors (Lipinski definition) is 1. The topological polar surface area (TPSA) is 30.5 Å². The van der Waals surface area contributed by atoms with E-state index < -0.39 is 0 Å². The maximum absolute atomic E-state index is 6.14. The van der Waals surface area contributed by atoms with E-state index in [0.717, 1.165) is 42.1 Å². The summed E-state index contributed by atoms with van der Waals surface area (Å²) >= 11 is 0. The maximum atomic E-state index is 6.14. The number of benzene rings is 3. The largest absolute Gasteiger partial charge is 0.493 e. The summed E-state index contributed by atoms with van der Waals surface area (Å²) in [4.78, 5) is 0. The Balaban J connectivity index is 1.61. The van der Waals surface area contributed by atoms with Crippen LogP contribution in [0.4, 0.5) is 0 Å². The van der Waals surface area contributed by atoms with Crippen molar-refractivity contribution in [2.75, 3.05) is 13.7 Å². The number of nitrogens with one attached hydrogen (secondary N) is 1. The fourth-order valence-electron chi connectivity index (χ4n) is 2.97. The molecule has 0 bridgehead atoms. The van der Waals surface area contributed by atoms with Gasteiger partial charge in [-0.15, -0.1) is 0 Å². The minimum atomic E-state index is 0.525. The molecule has 3 heteroatoms. The van der Waals surface area contributed by atoms with Gasteiger partial charge in [-0.25, -0.2) is 0 Å². The minimum Gasteiger partial charge on any atom is -0.493 e. The Morgan fingerprint density at radius 3 is 2.33 bits per heavy atom. The van der Waals surface area contributed by atoms with E-state index >= 15 is 0 Å². The highest BCUT2D eigenvalue weighted by molar-refractivity contribution is 5.46. The molecule has 0 spiro atoms. The van der Waals surface area contributed by atoms with Gasteiger partial charge in [0.15, 0.2) is 11.5 Å². The van der Waals surface area contributed by atoms with Gasteiger partial charge in [0.2, 0.25) is 0 Å². The second-order valence-electron chi connectivity index (χ2n) is 6.64. The van der Waals surface area contributed by atoms with Gasteiger partial charge in [0.05, 0.1) is 7.11 Å². The van der Waals surface area contributed by atoms with Gasteiger partial charge in [-0.2, -0.15) is 0 Å². The van der Waals surface area contributed by atoms with Crippen molar-refractivity contribution in [2.45, 2.75) is 26.5 Å². The molecule has 3 aromatic carbocycles. The summed E-state index contributed by atoms with van der Waals surface area (Å²) in [6.45, 7) is 4.27. The summed E-state index contributed by atoms with van der Waals surface area (Å²) in [6, 6.07) is 25.0. The van der Waals surface area contributed by atoms with Crippen LogP contribution in [0.25, 0.3) is 0 Å². The molecule has 0 heterocycles. The lowest BCUT2D eigenvalue weighted by molar-refractivity contribution is 0.280. The van der Waals surface area contributed by atoms with Gasteiger partial charge < -0.3 is 14.8 Å². The first-order chi connectivity index (χ1) is 13.3. The van der Waals surface area contributed by atoms with Gasteiger partial charge in [0.25, 0.3) is 0 Å². The van der Waals surface area contributed by atoms with E-state index in [4.69, 9.17) is 9.47 Å². The molecule has 3 aromatic rings. The Labute approximate surface area is 162 Å². The summed E-state index contributed by atoms with van der Waals surface area (Å²) in [5, 5.41) is 3.51. The summed E-state index contributed by atoms with van der Waals surface area (Å²) in [7, 11) is 1.68. The van der Waals surface area contributed by atoms with Crippen LogP contribution in [0.3, 0.4) is 0 Å². The maximum Gasteiger partial charge on any atom is 0.166 e. The van der Waals surface area contributed by atoms with E-state index in [9.17, 15) is 0 Å². The molecule has 0 saturated heterocycles. The van der Waals surface area contributed by atoms with Crippen LogP contribution in [0.1, 0.15) is 22.3 Å². The Morgan fingerprint density at radius 2 is 1.59 bits per heavy atom. The zero-order valence-corrected chi connectivity index (χ0v) is 16.1. The molecular formula is C24H27NO2. The Kier molecular flexibility index (Phi) is 6.89. The number of methoxy groups -OCH3 is 1. The van der Waals surface area contributed by atoms with Gasteiger partial charge in [-0.05, 0) is 37.1 Å². The standard InChI is InChI=1S/C24H27NO2/c1-19-11-13-21(14-12-19)18-27-24-22(9-6-10-23(24)26-2)17-25-16-15-20-7-4-3-5-8-20/h3-14,25H,15-18H2,1-2H3. The first-order valence-corrected chi connectivity index (χ1v) is 9.35. The fourth-order valence-corrected chi connectivity index (χ4v) is 2.97. The van der Waals surface area contributed by atoms with Crippen LogP contribution < -0.4 is 14.8 Å². The molecule has 0 aliphatic heterocycles. The van der Waals surface area contributed by atoms with Crippen molar-refractivity contribution in [3.05, 3.63) is 95.1 Å². The van der Waals surface area contributed by atoms with Crippen LogP contribution in [0.15, 0.2) is 72.8 Å². The third kappa shape index (κ3) is 5.60. The van der Waals surface area contributed by atoms with Crippen LogP contribution in [0.5, 0.6) is 11.5 Å². The Morgan fingerprint density at radius 1 is 0.815 bits per heavy atom. The van der Waals surface area contributed by atoms with Gasteiger partial charge in [0, 0.05) is 12.1 Å². The predicted molar refractivity (Wildman–Crippen MR) is 110 cm³/mol. The normalized spacial score (nSPS) is 10.6. The van der Waals surface area contributed by atoms with Gasteiger partial charge in [-0.3, -0.25) is 0 Å². The SMILES string of the molecule is COc1cccc(CNCCc2ccccc2)c1OCc1ccc(C)cc1. The molecule has 0 unspecified atom stereocenters. The van der Waals surface area contributed by atoms with E-state index in [-0.39, 0.29) is 0 Å². The monoisotopic (exact) mass is 361 g/mol. The Hall–Kier alpha value is -2.78. The van der Waals surface area contributed by atoms with Crippen molar-refractivity contribution in [2.24, 2.45) is 0 Å². The van der Waals surface area contributed by atoms with E-state index in [1.165, 1.54) is 11.1 Å². The molecule has 3 nitrogen and oxygen atoms in total. The molecule has 27 heavy (non-hydrogen) atoms. The highest BCUT2D eigenvalue weighted by Crippen LogP contribution is 2.31. The summed E-state index contributed by atoms with van der Waals surface area (Å²) in [5.41, 5.74) is 4.84. The quantitative estimate of drug-likeness (QED) is 0.549. The van der Waals surface area contributed by atoms with Crippen LogP contribution in [-0.2, 0) is 19.6 Å². The molecule has 0 radical (unpaired) electrons. The van der Waals surface area contributed by atoms with E-state index in [0.29, 0.717) is 6.61 Å². The number of para-hydroxylation sites is 1. The first-order valence-electron chi connectivity index (χ1n) is 9.35. The third-order valence-electron chi connectivity index (χ3n) is 4.53. The third-order valence-corrected chi connectivity index (χ3v) is 4.53. The lowest BCUT2D eigenvalue weighted by Gasteiger charge is -2.16. The molecule has 140 valence electrons.